The number of hydrogen-bond donors (Lipinski definition) is 1. The molecular weight excluding hydrogens is 615 g/mol. The topological polar surface area (TPSA) is 90.7 Å². The molecule has 4 aromatic rings. The minimum Gasteiger partial charge on any atom is -0.486 e. The zero-order valence-electron chi connectivity index (χ0n) is 23.8. The summed E-state index contributed by atoms with van der Waals surface area (Å²) in [5.41, 5.74) is 3.40. The smallest absolute Gasteiger partial charge is 0.451 e. The van der Waals surface area contributed by atoms with Crippen molar-refractivity contribution in [3.63, 3.8) is 0 Å². The molecule has 7 nitrogen and oxygen atoms in total. The van der Waals surface area contributed by atoms with Crippen LogP contribution in [0.15, 0.2) is 54.7 Å². The number of nitrogens with zero attached hydrogens (tertiary/aromatic N) is 5. The Morgan fingerprint density at radius 3 is 2.53 bits per heavy atom. The van der Waals surface area contributed by atoms with Crippen molar-refractivity contribution >= 4 is 17.2 Å². The van der Waals surface area contributed by atoms with Crippen molar-refractivity contribution in [2.75, 3.05) is 13.1 Å². The van der Waals surface area contributed by atoms with E-state index in [-0.39, 0.29) is 28.8 Å². The van der Waals surface area contributed by atoms with E-state index in [9.17, 15) is 27.2 Å². The van der Waals surface area contributed by atoms with Gasteiger partial charge in [0.1, 0.15) is 12.4 Å². The highest BCUT2D eigenvalue weighted by molar-refractivity contribution is 6.30. The summed E-state index contributed by atoms with van der Waals surface area (Å²) in [5, 5.41) is 15.6. The molecule has 6 rings (SSSR count). The summed E-state index contributed by atoms with van der Waals surface area (Å²) in [6, 6.07) is 12.9. The first-order valence-electron chi connectivity index (χ1n) is 14.2. The number of aromatic nitrogens is 4. The van der Waals surface area contributed by atoms with E-state index >= 15 is 0 Å². The average molecular weight is 641 g/mol. The molecule has 2 aromatic heterocycles. The number of benzene rings is 2. The second kappa shape index (κ2) is 12.2. The minimum atomic E-state index is -4.65. The molecule has 232 valence electrons. The summed E-state index contributed by atoms with van der Waals surface area (Å²) in [4.78, 5) is 10.3. The van der Waals surface area contributed by atoms with Crippen molar-refractivity contribution in [2.45, 2.75) is 45.0 Å². The fourth-order valence-electron chi connectivity index (χ4n) is 5.25. The molecule has 45 heavy (non-hydrogen) atoms. The first kappa shape index (κ1) is 30.7. The minimum absolute atomic E-state index is 0.0133. The van der Waals surface area contributed by atoms with Gasteiger partial charge in [0, 0.05) is 42.0 Å². The van der Waals surface area contributed by atoms with E-state index in [1.54, 1.807) is 24.3 Å². The third-order valence-electron chi connectivity index (χ3n) is 8.06. The summed E-state index contributed by atoms with van der Waals surface area (Å²) in [5.74, 6) is -2.38. The SMILES string of the molecule is N#CC1(Cc2cc(-c3n[nH]c(C(F)(F)F)n3)cnc2CN2CC=C(c3ccc(F)c(OCc4ccc(Cl)cc4F)c3)CC2)CC1. The van der Waals surface area contributed by atoms with Crippen LogP contribution in [0.5, 0.6) is 5.75 Å². The Bertz CT molecular complexity index is 1810. The lowest BCUT2D eigenvalue weighted by Crippen LogP contribution is -2.29. The van der Waals surface area contributed by atoms with Crippen LogP contribution in [-0.4, -0.2) is 38.2 Å². The van der Waals surface area contributed by atoms with Crippen molar-refractivity contribution in [1.82, 2.24) is 25.1 Å². The number of hydrogen-bond acceptors (Lipinski definition) is 6. The number of nitriles is 1. The summed E-state index contributed by atoms with van der Waals surface area (Å²) in [7, 11) is 0. The Morgan fingerprint density at radius 2 is 1.87 bits per heavy atom. The maximum atomic E-state index is 14.5. The first-order chi connectivity index (χ1) is 21.5. The molecule has 0 radical (unpaired) electrons. The molecule has 3 heterocycles. The normalized spacial score (nSPS) is 16.2. The van der Waals surface area contributed by atoms with Gasteiger partial charge in [-0.3, -0.25) is 15.0 Å². The van der Waals surface area contributed by atoms with Crippen LogP contribution in [0.4, 0.5) is 22.0 Å². The Morgan fingerprint density at radius 1 is 1.04 bits per heavy atom. The number of pyridine rings is 1. The highest BCUT2D eigenvalue weighted by Crippen LogP contribution is 2.48. The zero-order valence-corrected chi connectivity index (χ0v) is 24.5. The first-order valence-corrected chi connectivity index (χ1v) is 14.6. The van der Waals surface area contributed by atoms with Crippen LogP contribution in [0.3, 0.4) is 0 Å². The van der Waals surface area contributed by atoms with Crippen LogP contribution in [0.25, 0.3) is 17.0 Å². The molecular formula is C32H26ClF5N6O. The largest absolute Gasteiger partial charge is 0.486 e. The fourth-order valence-corrected chi connectivity index (χ4v) is 5.41. The molecule has 0 atom stereocenters. The van der Waals surface area contributed by atoms with E-state index in [1.807, 2.05) is 11.2 Å². The van der Waals surface area contributed by atoms with Crippen molar-refractivity contribution in [3.05, 3.63) is 99.6 Å². The van der Waals surface area contributed by atoms with Gasteiger partial charge in [0.25, 0.3) is 0 Å². The van der Waals surface area contributed by atoms with Crippen LogP contribution < -0.4 is 4.74 Å². The summed E-state index contributed by atoms with van der Waals surface area (Å²) in [6.07, 6.45) is 1.43. The van der Waals surface area contributed by atoms with Gasteiger partial charge in [-0.1, -0.05) is 29.8 Å². The van der Waals surface area contributed by atoms with Crippen LogP contribution >= 0.6 is 11.6 Å². The van der Waals surface area contributed by atoms with Gasteiger partial charge in [-0.25, -0.2) is 13.8 Å². The lowest BCUT2D eigenvalue weighted by molar-refractivity contribution is -0.144. The monoisotopic (exact) mass is 640 g/mol. The van der Waals surface area contributed by atoms with Crippen molar-refractivity contribution < 1.29 is 26.7 Å². The molecule has 0 amide bonds. The zero-order chi connectivity index (χ0) is 31.8. The molecule has 1 aliphatic carbocycles. The molecule has 1 N–H and O–H groups in total. The van der Waals surface area contributed by atoms with E-state index in [4.69, 9.17) is 16.3 Å². The third kappa shape index (κ3) is 7.00. The van der Waals surface area contributed by atoms with Crippen LogP contribution in [-0.2, 0) is 25.7 Å². The van der Waals surface area contributed by atoms with E-state index in [2.05, 4.69) is 26.0 Å². The molecule has 0 spiro atoms. The number of nitrogens with one attached hydrogen (secondary N) is 1. The highest BCUT2D eigenvalue weighted by atomic mass is 35.5. The Balaban J connectivity index is 1.16. The number of aromatic amines is 1. The predicted octanol–water partition coefficient (Wildman–Crippen LogP) is 7.53. The van der Waals surface area contributed by atoms with Gasteiger partial charge in [0.2, 0.25) is 5.82 Å². The van der Waals surface area contributed by atoms with E-state index in [0.717, 1.165) is 35.2 Å². The quantitative estimate of drug-likeness (QED) is 0.190. The average Bonchev–Trinajstić information content (AvgIpc) is 3.59. The number of alkyl halides is 3. The fraction of sp³-hybridized carbons (Fsp3) is 0.312. The summed E-state index contributed by atoms with van der Waals surface area (Å²) in [6.45, 7) is 1.54. The maximum Gasteiger partial charge on any atom is 0.451 e. The summed E-state index contributed by atoms with van der Waals surface area (Å²) >= 11 is 5.80. The van der Waals surface area contributed by atoms with Gasteiger partial charge in [-0.2, -0.15) is 23.5 Å². The van der Waals surface area contributed by atoms with Gasteiger partial charge in [0.05, 0.1) is 17.2 Å². The van der Waals surface area contributed by atoms with Gasteiger partial charge in [-0.15, -0.1) is 0 Å². The van der Waals surface area contributed by atoms with Crippen LogP contribution in [0.2, 0.25) is 5.02 Å². The van der Waals surface area contributed by atoms with E-state index in [0.29, 0.717) is 38.0 Å². The molecule has 13 heteroatoms. The van der Waals surface area contributed by atoms with Gasteiger partial charge in [0.15, 0.2) is 17.4 Å². The lowest BCUT2D eigenvalue weighted by Gasteiger charge is -2.27. The standard InChI is InChI=1S/C32H26ClF5N6O/c33-24-3-1-21(26(35)13-24)17-45-28-12-20(2-4-25(28)34)19-5-9-44(10-6-19)16-27-22(14-31(18-39)7-8-31)11-23(15-40-27)29-41-30(43-42-29)32(36,37)38/h1-5,11-13,15H,6-10,14,16-17H2,(H,41,42,43). The van der Waals surface area contributed by atoms with Gasteiger partial charge in [-0.05, 0) is 72.7 Å². The second-order valence-corrected chi connectivity index (χ2v) is 11.7. The molecule has 1 aliphatic heterocycles. The number of rotatable bonds is 9. The number of H-pyrrole nitrogens is 1. The maximum absolute atomic E-state index is 14.5. The van der Waals surface area contributed by atoms with Crippen LogP contribution in [0, 0.1) is 28.4 Å². The molecule has 1 fully saturated rings. The Labute approximate surface area is 260 Å². The summed E-state index contributed by atoms with van der Waals surface area (Å²) < 4.78 is 73.5. The van der Waals surface area contributed by atoms with E-state index < -0.39 is 29.1 Å². The van der Waals surface area contributed by atoms with Crippen molar-refractivity contribution in [2.24, 2.45) is 5.41 Å². The van der Waals surface area contributed by atoms with Gasteiger partial charge >= 0.3 is 6.18 Å². The molecule has 2 aromatic carbocycles. The highest BCUT2D eigenvalue weighted by Gasteiger charge is 2.43. The third-order valence-corrected chi connectivity index (χ3v) is 8.29. The molecule has 0 unspecified atom stereocenters. The van der Waals surface area contributed by atoms with Crippen LogP contribution in [0.1, 0.15) is 47.5 Å². The molecule has 0 saturated heterocycles. The molecule has 1 saturated carbocycles. The lowest BCUT2D eigenvalue weighted by atomic mass is 9.95. The Kier molecular flexibility index (Phi) is 8.33. The van der Waals surface area contributed by atoms with Crippen molar-refractivity contribution in [3.8, 4) is 23.2 Å². The Hall–Kier alpha value is -4.34. The van der Waals surface area contributed by atoms with Gasteiger partial charge < -0.3 is 4.74 Å². The second-order valence-electron chi connectivity index (χ2n) is 11.3. The van der Waals surface area contributed by atoms with Crippen molar-refractivity contribution in [1.29, 1.82) is 5.26 Å². The number of halogens is 6. The predicted molar refractivity (Wildman–Crippen MR) is 156 cm³/mol. The molecule has 2 aliphatic rings. The molecule has 0 bridgehead atoms. The number of ether oxygens (including phenoxy) is 1. The van der Waals surface area contributed by atoms with E-state index in [1.165, 1.54) is 24.4 Å².